The Morgan fingerprint density at radius 1 is 0.390 bits per heavy atom. The van der Waals surface area contributed by atoms with Gasteiger partial charge in [-0.15, -0.1) is 0 Å². The number of nitrogens with zero attached hydrogens (tertiary/aromatic N) is 1. The van der Waals surface area contributed by atoms with E-state index in [1.807, 2.05) is 5.32 Å². The zero-order valence-electron chi connectivity index (χ0n) is 68.2. The summed E-state index contributed by atoms with van der Waals surface area (Å²) in [4.78, 5) is 264. The Morgan fingerprint density at radius 2 is 0.780 bits per heavy atom. The normalized spacial score (nSPS) is 16.1. The number of amides is 16. The number of nitrogens with one attached hydrogen (secondary N) is 15. The first-order valence-electron chi connectivity index (χ1n) is 38.9. The molecule has 0 aromatic rings. The molecule has 1 fully saturated rings. The average molecular weight is 1690 g/mol. The summed E-state index contributed by atoms with van der Waals surface area (Å²) >= 11 is 0. The SMILES string of the molecule is CC(C)C[C@H](NC(=O)[C@H](CCCCN)NC(=O)[C@H](CO)NC(=O)[C@@H](N)CCCCN)C(=O)NCC(=O)N[C@@H](CC(=O)O)C(=O)N[C@@H](CC(C)C)C(=O)N[C@H](C(=O)N[C@H](C(=O)N[C@H](C(=O)N[C@@H](CO)C(=O)N[C@@H](C)C(=O)N1CCC[C@H]1C(=O)NCC(=O)NCC(=O)N[C@@H](CCC(=O)O)C(=O)N[C@@H](CCC(=O)O)C(=O)O)C(C)C)[C@@H](C)O)C(C)C. The van der Waals surface area contributed by atoms with Gasteiger partial charge in [0.2, 0.25) is 94.5 Å². The smallest absolute Gasteiger partial charge is 0.326 e. The fourth-order valence-electron chi connectivity index (χ4n) is 11.7. The van der Waals surface area contributed by atoms with Gasteiger partial charge in [0, 0.05) is 19.4 Å². The third kappa shape index (κ3) is 39.4. The van der Waals surface area contributed by atoms with Crippen molar-refractivity contribution in [3.05, 3.63) is 0 Å². The van der Waals surface area contributed by atoms with Gasteiger partial charge in [0.25, 0.3) is 0 Å². The van der Waals surface area contributed by atoms with Gasteiger partial charge in [0.15, 0.2) is 0 Å². The second-order valence-corrected chi connectivity index (χ2v) is 30.0. The van der Waals surface area contributed by atoms with Crippen LogP contribution in [0, 0.1) is 23.7 Å². The first kappa shape index (κ1) is 105. The molecule has 1 saturated heterocycles. The molecule has 668 valence electrons. The van der Waals surface area contributed by atoms with Gasteiger partial charge >= 0.3 is 23.9 Å². The minimum atomic E-state index is -1.91. The van der Waals surface area contributed by atoms with E-state index in [1.54, 1.807) is 27.7 Å². The number of carbonyl (C=O) groups excluding carboxylic acids is 16. The summed E-state index contributed by atoms with van der Waals surface area (Å²) in [7, 11) is 0. The molecule has 0 saturated carbocycles. The Labute approximate surface area is 681 Å². The van der Waals surface area contributed by atoms with E-state index < -0.39 is 292 Å². The van der Waals surface area contributed by atoms with Crippen molar-refractivity contribution in [3.63, 3.8) is 0 Å². The predicted molar refractivity (Wildman–Crippen MR) is 414 cm³/mol. The zero-order valence-corrected chi connectivity index (χ0v) is 68.2. The van der Waals surface area contributed by atoms with Crippen LogP contribution >= 0.6 is 0 Å². The van der Waals surface area contributed by atoms with Crippen LogP contribution in [0.2, 0.25) is 0 Å². The van der Waals surface area contributed by atoms with Crippen LogP contribution in [0.25, 0.3) is 0 Å². The first-order chi connectivity index (χ1) is 55.2. The topological polar surface area (TPSA) is 745 Å². The summed E-state index contributed by atoms with van der Waals surface area (Å²) in [6.45, 7) is 11.1. The molecule has 0 spiro atoms. The molecule has 1 heterocycles. The summed E-state index contributed by atoms with van der Waals surface area (Å²) in [5.41, 5.74) is 17.1. The second-order valence-electron chi connectivity index (χ2n) is 30.0. The van der Waals surface area contributed by atoms with Crippen molar-refractivity contribution >= 4 is 118 Å². The van der Waals surface area contributed by atoms with Crippen molar-refractivity contribution in [1.82, 2.24) is 84.7 Å². The number of unbranched alkanes of at least 4 members (excludes halogenated alkanes) is 2. The lowest BCUT2D eigenvalue weighted by Crippen LogP contribution is -2.63. The highest BCUT2D eigenvalue weighted by Crippen LogP contribution is 2.20. The van der Waals surface area contributed by atoms with Crippen LogP contribution in [0.3, 0.4) is 0 Å². The number of aliphatic hydroxyl groups excluding tert-OH is 3. The third-order valence-corrected chi connectivity index (χ3v) is 18.2. The molecule has 1 aliphatic rings. The molecule has 28 N–H and O–H groups in total. The Bertz CT molecular complexity index is 3460. The lowest BCUT2D eigenvalue weighted by atomic mass is 9.98. The van der Waals surface area contributed by atoms with E-state index in [2.05, 4.69) is 74.4 Å². The van der Waals surface area contributed by atoms with Crippen LogP contribution < -0.4 is 97.0 Å². The first-order valence-corrected chi connectivity index (χ1v) is 38.9. The number of likely N-dealkylation sites (tertiary alicyclic amines) is 1. The van der Waals surface area contributed by atoms with E-state index in [1.165, 1.54) is 34.6 Å². The molecule has 1 rings (SSSR count). The molecule has 0 bridgehead atoms. The van der Waals surface area contributed by atoms with Crippen molar-refractivity contribution in [2.75, 3.05) is 52.5 Å². The van der Waals surface area contributed by atoms with E-state index in [-0.39, 0.29) is 57.5 Å². The molecule has 0 radical (unpaired) electrons. The van der Waals surface area contributed by atoms with Crippen molar-refractivity contribution in [1.29, 1.82) is 0 Å². The third-order valence-electron chi connectivity index (χ3n) is 18.2. The number of nitrogens with two attached hydrogens (primary N) is 3. The van der Waals surface area contributed by atoms with E-state index in [0.29, 0.717) is 32.2 Å². The van der Waals surface area contributed by atoms with E-state index >= 15 is 0 Å². The van der Waals surface area contributed by atoms with Crippen molar-refractivity contribution in [2.24, 2.45) is 40.9 Å². The van der Waals surface area contributed by atoms with Gasteiger partial charge in [-0.1, -0.05) is 61.8 Å². The highest BCUT2D eigenvalue weighted by Gasteiger charge is 2.41. The fraction of sp³-hybridized carbons (Fsp3) is 0.722. The van der Waals surface area contributed by atoms with Crippen LogP contribution in [0.5, 0.6) is 0 Å². The Kier molecular flexibility index (Phi) is 48.3. The quantitative estimate of drug-likeness (QED) is 0.0252. The highest BCUT2D eigenvalue weighted by molar-refractivity contribution is 6.01. The molecule has 118 heavy (non-hydrogen) atoms. The molecule has 0 aromatic heterocycles. The lowest BCUT2D eigenvalue weighted by molar-refractivity contribution is -0.144. The Hall–Kier alpha value is -10.8. The standard InChI is InChI=1S/C72H123N19O27/c1-34(2)26-44(84-61(106)41(17-12-14-24-74)82-66(111)48(33-93)86-59(104)40(75)16-11-13-23-73)60(105)77-31-52(97)81-46(28-55(102)103)63(108)85-45(27-35(3)4)64(109)88-57(37(7)8)69(114)90-58(39(10)94)70(115)89-56(36(5)6)68(113)87-47(32-92)65(110)79-38(9)71(116)91-25-15-18-49(91)67(112)78-29-50(95)76-30-51(96)80-42(19-21-53(98)99)62(107)83-43(72(117)118)20-22-54(100)101/h34-49,56-58,92-94H,11-33,73-75H2,1-10H3,(H,76,95)(H,77,105)(H,78,112)(H,79,110)(H,80,96)(H,81,97)(H,82,111)(H,83,107)(H,84,106)(H,85,108)(H,86,104)(H,87,113)(H,88,109)(H,89,115)(H,90,114)(H,98,99)(H,100,101)(H,102,103)(H,117,118)/t38-,39+,40-,41-,42-,43-,44-,45-,46-,47-,48-,49-,56-,57-,58-/m0/s1. The summed E-state index contributed by atoms with van der Waals surface area (Å²) in [5, 5.41) is 104. The molecule has 46 heteroatoms. The van der Waals surface area contributed by atoms with E-state index in [4.69, 9.17) is 27.4 Å². The van der Waals surface area contributed by atoms with Gasteiger partial charge in [-0.05, 0) is 121 Å². The van der Waals surface area contributed by atoms with E-state index in [0.717, 1.165) is 11.8 Å². The van der Waals surface area contributed by atoms with Gasteiger partial charge in [-0.25, -0.2) is 4.79 Å². The van der Waals surface area contributed by atoms with Gasteiger partial charge in [-0.2, -0.15) is 0 Å². The maximum absolute atomic E-state index is 14.2. The summed E-state index contributed by atoms with van der Waals surface area (Å²) in [6.07, 6.45) is -2.99. The number of aliphatic carboxylic acids is 4. The van der Waals surface area contributed by atoms with E-state index in [9.17, 15) is 121 Å². The number of carbonyl (C=O) groups is 20. The Morgan fingerprint density at radius 3 is 1.26 bits per heavy atom. The van der Waals surface area contributed by atoms with Crippen LogP contribution in [0.15, 0.2) is 0 Å². The van der Waals surface area contributed by atoms with Crippen LogP contribution in [-0.4, -0.2) is 302 Å². The Balaban J connectivity index is 3.19. The van der Waals surface area contributed by atoms with Crippen LogP contribution in [-0.2, 0) is 95.9 Å². The maximum Gasteiger partial charge on any atom is 0.326 e. The van der Waals surface area contributed by atoms with Gasteiger partial charge in [-0.3, -0.25) is 91.1 Å². The molecule has 16 amide bonds. The number of hydrogen-bond acceptors (Lipinski definition) is 26. The predicted octanol–water partition coefficient (Wildman–Crippen LogP) is -9.19. The number of carboxylic acids is 4. The molecular formula is C72H123N19O27. The summed E-state index contributed by atoms with van der Waals surface area (Å²) < 4.78 is 0. The average Bonchev–Trinajstić information content (AvgIpc) is 1.13. The number of hydrogen-bond donors (Lipinski definition) is 25. The maximum atomic E-state index is 14.2. The molecule has 46 nitrogen and oxygen atoms in total. The molecule has 0 aliphatic carbocycles. The van der Waals surface area contributed by atoms with Gasteiger partial charge in [0.05, 0.1) is 51.4 Å². The van der Waals surface area contributed by atoms with Crippen LogP contribution in [0.1, 0.15) is 166 Å². The summed E-state index contributed by atoms with van der Waals surface area (Å²) in [6, 6.07) is -21.5. The largest absolute Gasteiger partial charge is 0.481 e. The van der Waals surface area contributed by atoms with Crippen molar-refractivity contribution in [2.45, 2.75) is 256 Å². The minimum absolute atomic E-state index is 0.00657. The van der Waals surface area contributed by atoms with Gasteiger partial charge < -0.3 is 138 Å². The molecule has 15 atom stereocenters. The van der Waals surface area contributed by atoms with Crippen molar-refractivity contribution in [3.8, 4) is 0 Å². The molecular weight excluding hydrogens is 1560 g/mol. The number of aliphatic hydroxyl groups is 3. The molecule has 1 aliphatic heterocycles. The van der Waals surface area contributed by atoms with Gasteiger partial charge in [0.1, 0.15) is 78.5 Å². The fourth-order valence-corrected chi connectivity index (χ4v) is 11.7. The molecule has 0 aromatic carbocycles. The molecule has 0 unspecified atom stereocenters. The minimum Gasteiger partial charge on any atom is -0.481 e. The number of carboxylic acid groups (broad SMARTS) is 4. The monoisotopic (exact) mass is 1690 g/mol. The van der Waals surface area contributed by atoms with Crippen molar-refractivity contribution < 1.29 is 132 Å². The zero-order chi connectivity index (χ0) is 90.0. The van der Waals surface area contributed by atoms with Crippen LogP contribution in [0.4, 0.5) is 0 Å². The lowest BCUT2D eigenvalue weighted by Gasteiger charge is -2.30. The second kappa shape index (κ2) is 54.2. The highest BCUT2D eigenvalue weighted by atomic mass is 16.4. The number of rotatable bonds is 57. The summed E-state index contributed by atoms with van der Waals surface area (Å²) in [5.74, 6) is -24.4.